The number of anilines is 2. The van der Waals surface area contributed by atoms with Gasteiger partial charge in [-0.25, -0.2) is 14.4 Å². The van der Waals surface area contributed by atoms with Crippen molar-refractivity contribution < 1.29 is 13.9 Å². The first-order valence-corrected chi connectivity index (χ1v) is 11.8. The van der Waals surface area contributed by atoms with Gasteiger partial charge in [-0.3, -0.25) is 9.78 Å². The van der Waals surface area contributed by atoms with Crippen molar-refractivity contribution in [3.63, 3.8) is 0 Å². The number of allylic oxidation sites excluding steroid dienone is 1. The first-order valence-electron chi connectivity index (χ1n) is 11.8. The normalized spacial score (nSPS) is 13.4. The molecule has 4 heterocycles. The summed E-state index contributed by atoms with van der Waals surface area (Å²) in [6.07, 6.45) is 7.39. The third-order valence-corrected chi connectivity index (χ3v) is 6.41. The highest BCUT2D eigenvalue weighted by Crippen LogP contribution is 2.37. The SMILES string of the molecule is C=C(F)C(=O)Nc1ccc(C2=CC=c3c(Oc4nccc(C)n4)cc4c5c(cnc-5c3N2C)=NNC4)cc1. The van der Waals surface area contributed by atoms with Gasteiger partial charge in [-0.1, -0.05) is 18.7 Å². The maximum Gasteiger partial charge on any atom is 0.322 e. The van der Waals surface area contributed by atoms with Crippen molar-refractivity contribution in [2.75, 3.05) is 17.3 Å². The maximum absolute atomic E-state index is 13.1. The number of aryl methyl sites for hydroxylation is 1. The lowest BCUT2D eigenvalue weighted by Crippen LogP contribution is -2.26. The molecule has 4 aliphatic rings. The summed E-state index contributed by atoms with van der Waals surface area (Å²) in [6, 6.07) is 11.2. The van der Waals surface area contributed by atoms with Crippen LogP contribution in [-0.4, -0.2) is 27.9 Å². The van der Waals surface area contributed by atoms with Crippen molar-refractivity contribution >= 4 is 29.1 Å². The summed E-state index contributed by atoms with van der Waals surface area (Å²) < 4.78 is 19.3. The van der Waals surface area contributed by atoms with Crippen molar-refractivity contribution in [2.45, 2.75) is 13.5 Å². The molecule has 1 aromatic heterocycles. The fourth-order valence-corrected chi connectivity index (χ4v) is 4.62. The molecule has 0 saturated heterocycles. The number of carbonyl (C=O) groups is 1. The molecule has 10 heteroatoms. The summed E-state index contributed by atoms with van der Waals surface area (Å²) in [7, 11) is 1.96. The number of hydrogen-bond acceptors (Lipinski definition) is 8. The second-order valence-corrected chi connectivity index (χ2v) is 8.91. The Hall–Kier alpha value is -5.12. The van der Waals surface area contributed by atoms with Crippen LogP contribution in [0.5, 0.6) is 11.8 Å². The fourth-order valence-electron chi connectivity index (χ4n) is 4.62. The van der Waals surface area contributed by atoms with E-state index in [1.807, 2.05) is 55.3 Å². The highest BCUT2D eigenvalue weighted by molar-refractivity contribution is 6.01. The van der Waals surface area contributed by atoms with Gasteiger partial charge in [0.05, 0.1) is 24.1 Å². The second-order valence-electron chi connectivity index (χ2n) is 8.91. The summed E-state index contributed by atoms with van der Waals surface area (Å²) in [5.41, 5.74) is 9.71. The van der Waals surface area contributed by atoms with E-state index in [4.69, 9.17) is 9.72 Å². The van der Waals surface area contributed by atoms with E-state index < -0.39 is 11.7 Å². The molecule has 188 valence electrons. The van der Waals surface area contributed by atoms with Crippen LogP contribution in [0.15, 0.2) is 72.4 Å². The van der Waals surface area contributed by atoms with E-state index in [-0.39, 0.29) is 6.01 Å². The number of ether oxygens (including phenoxy) is 1. The number of nitrogens with zero attached hydrogens (tertiary/aromatic N) is 5. The van der Waals surface area contributed by atoms with Crippen molar-refractivity contribution in [3.8, 4) is 23.0 Å². The van der Waals surface area contributed by atoms with Crippen LogP contribution in [0.1, 0.15) is 16.8 Å². The quantitative estimate of drug-likeness (QED) is 0.399. The molecular formula is C28H22FN7O2. The standard InChI is InChI=1S/C28H22FN7O2/c1-15-10-11-30-28(33-15)38-23-12-18-13-32-35-21-14-31-25(24(18)21)26-20(23)8-9-22(36(26)3)17-4-6-19(7-5-17)34-27(37)16(2)29/h4-12,14,32H,2,13H2,1,3H3,(H,34,37). The minimum Gasteiger partial charge on any atom is -0.424 e. The molecule has 0 bridgehead atoms. The molecule has 38 heavy (non-hydrogen) atoms. The molecule has 2 aromatic rings. The second kappa shape index (κ2) is 9.07. The summed E-state index contributed by atoms with van der Waals surface area (Å²) in [5.74, 6) is -1.32. The van der Waals surface area contributed by atoms with Crippen LogP contribution in [-0.2, 0) is 11.3 Å². The van der Waals surface area contributed by atoms with Crippen molar-refractivity contribution in [1.82, 2.24) is 20.4 Å². The summed E-state index contributed by atoms with van der Waals surface area (Å²) >= 11 is 0. The average Bonchev–Trinajstić information content (AvgIpc) is 3.27. The van der Waals surface area contributed by atoms with Crippen LogP contribution in [0.2, 0.25) is 0 Å². The van der Waals surface area contributed by atoms with Gasteiger partial charge >= 0.3 is 6.01 Å². The van der Waals surface area contributed by atoms with Crippen LogP contribution in [0.3, 0.4) is 0 Å². The van der Waals surface area contributed by atoms with Gasteiger partial charge in [0.1, 0.15) is 11.1 Å². The molecule has 0 unspecified atom stereocenters. The van der Waals surface area contributed by atoms with E-state index in [0.29, 0.717) is 18.0 Å². The molecule has 9 nitrogen and oxygen atoms in total. The molecule has 0 fully saturated rings. The topological polar surface area (TPSA) is 105 Å². The molecule has 3 aliphatic heterocycles. The van der Waals surface area contributed by atoms with Crippen LogP contribution < -0.4 is 31.0 Å². The average molecular weight is 508 g/mol. The zero-order chi connectivity index (χ0) is 26.4. The number of benzene rings is 1. The summed E-state index contributed by atoms with van der Waals surface area (Å²) in [5, 5.41) is 8.50. The van der Waals surface area contributed by atoms with Gasteiger partial charge < -0.3 is 20.4 Å². The van der Waals surface area contributed by atoms with Gasteiger partial charge in [0.25, 0.3) is 5.91 Å². The number of amides is 1. The fraction of sp³-hybridized carbons (Fsp3) is 0.107. The van der Waals surface area contributed by atoms with Crippen molar-refractivity contribution in [3.05, 3.63) is 94.7 Å². The highest BCUT2D eigenvalue weighted by atomic mass is 19.1. The Bertz CT molecular complexity index is 1750. The zero-order valence-corrected chi connectivity index (χ0v) is 20.6. The van der Waals surface area contributed by atoms with Gasteiger partial charge in [0.15, 0.2) is 5.83 Å². The Kier molecular flexibility index (Phi) is 5.56. The van der Waals surface area contributed by atoms with Gasteiger partial charge in [-0.15, -0.1) is 0 Å². The monoisotopic (exact) mass is 507 g/mol. The van der Waals surface area contributed by atoms with Gasteiger partial charge in [0.2, 0.25) is 0 Å². The Morgan fingerprint density at radius 2 is 2.00 bits per heavy atom. The van der Waals surface area contributed by atoms with Crippen molar-refractivity contribution in [1.29, 1.82) is 0 Å². The number of rotatable bonds is 5. The number of hydrogen-bond donors (Lipinski definition) is 2. The van der Waals surface area contributed by atoms with Crippen molar-refractivity contribution in [2.24, 2.45) is 5.10 Å². The van der Waals surface area contributed by atoms with Crippen LogP contribution >= 0.6 is 0 Å². The maximum atomic E-state index is 13.1. The lowest BCUT2D eigenvalue weighted by atomic mass is 10.0. The molecular weight excluding hydrogens is 485 g/mol. The van der Waals surface area contributed by atoms with Gasteiger partial charge in [-0.05, 0) is 54.5 Å². The highest BCUT2D eigenvalue weighted by Gasteiger charge is 2.27. The minimum absolute atomic E-state index is 0.256. The van der Waals surface area contributed by atoms with E-state index >= 15 is 0 Å². The number of aromatic nitrogens is 3. The summed E-state index contributed by atoms with van der Waals surface area (Å²) in [6.45, 7) is 5.43. The van der Waals surface area contributed by atoms with Crippen LogP contribution in [0.25, 0.3) is 23.0 Å². The molecule has 0 saturated carbocycles. The Morgan fingerprint density at radius 1 is 1.18 bits per heavy atom. The Morgan fingerprint density at radius 3 is 2.76 bits per heavy atom. The minimum atomic E-state index is -1.04. The van der Waals surface area contributed by atoms with E-state index in [1.165, 1.54) is 0 Å². The smallest absolute Gasteiger partial charge is 0.322 e. The number of nitrogens with one attached hydrogen (secondary N) is 2. The lowest BCUT2D eigenvalue weighted by molar-refractivity contribution is -0.114. The van der Waals surface area contributed by atoms with Crippen LogP contribution in [0.4, 0.5) is 15.8 Å². The number of fused-ring (bicyclic) bond motifs is 2. The summed E-state index contributed by atoms with van der Waals surface area (Å²) in [4.78, 5) is 27.1. The third-order valence-electron chi connectivity index (χ3n) is 6.41. The van der Waals surface area contributed by atoms with E-state index in [2.05, 4.69) is 32.4 Å². The predicted molar refractivity (Wildman–Crippen MR) is 141 cm³/mol. The number of halogens is 1. The lowest BCUT2D eigenvalue weighted by Gasteiger charge is -2.27. The van der Waals surface area contributed by atoms with Gasteiger partial charge in [0, 0.05) is 41.1 Å². The number of carbonyl (C=O) groups excluding carboxylic acids is 1. The molecule has 2 N–H and O–H groups in total. The molecule has 0 spiro atoms. The van der Waals surface area contributed by atoms with E-state index in [1.54, 1.807) is 24.5 Å². The third kappa shape index (κ3) is 4.01. The molecule has 1 aliphatic carbocycles. The first kappa shape index (κ1) is 23.3. The van der Waals surface area contributed by atoms with E-state index in [0.717, 1.165) is 50.0 Å². The van der Waals surface area contributed by atoms with Crippen LogP contribution in [0, 0.1) is 6.92 Å². The van der Waals surface area contributed by atoms with E-state index in [9.17, 15) is 9.18 Å². The molecule has 1 amide bonds. The molecule has 0 atom stereocenters. The zero-order valence-electron chi connectivity index (χ0n) is 20.6. The molecule has 0 radical (unpaired) electrons. The Balaban J connectivity index is 1.48. The van der Waals surface area contributed by atoms with Gasteiger partial charge in [-0.2, -0.15) is 5.10 Å². The Labute approximate surface area is 217 Å². The largest absolute Gasteiger partial charge is 0.424 e. The first-order chi connectivity index (χ1) is 18.4. The predicted octanol–water partition coefficient (Wildman–Crippen LogP) is 3.41. The molecule has 6 rings (SSSR count). The molecule has 1 aromatic carbocycles.